The Labute approximate surface area is 405 Å². The van der Waals surface area contributed by atoms with E-state index in [9.17, 15) is 45.6 Å². The molecule has 382 valence electrons. The van der Waals surface area contributed by atoms with E-state index in [0.717, 1.165) is 17.7 Å². The predicted octanol–water partition coefficient (Wildman–Crippen LogP) is 2.94. The number of rotatable bonds is 10. The van der Waals surface area contributed by atoms with Gasteiger partial charge in [0.25, 0.3) is 0 Å². The molecule has 16 nitrogen and oxygen atoms in total. The van der Waals surface area contributed by atoms with Crippen LogP contribution in [0.15, 0.2) is 24.2 Å². The number of imidazole rings is 1. The highest BCUT2D eigenvalue weighted by Gasteiger charge is 2.76. The number of carbonyl (C=O) groups excluding carboxylic acids is 1. The molecule has 1 aromatic rings. The third-order valence-electron chi connectivity index (χ3n) is 22.1. The van der Waals surface area contributed by atoms with E-state index in [2.05, 4.69) is 60.9 Å². The number of allylic oxidation sites excluding steroid dienone is 2. The van der Waals surface area contributed by atoms with Gasteiger partial charge in [0, 0.05) is 47.7 Å². The Morgan fingerprint density at radius 3 is 2.39 bits per heavy atom. The van der Waals surface area contributed by atoms with Crippen LogP contribution >= 0.6 is 0 Å². The number of aliphatic hydroxyl groups excluding tert-OH is 7. The van der Waals surface area contributed by atoms with Crippen molar-refractivity contribution in [3.05, 3.63) is 29.9 Å². The monoisotopic (exact) mass is 963 g/mol. The Kier molecular flexibility index (Phi) is 12.3. The Morgan fingerprint density at radius 1 is 0.957 bits per heavy atom. The molecule has 9 aliphatic rings. The summed E-state index contributed by atoms with van der Waals surface area (Å²) >= 11 is 0. The predicted molar refractivity (Wildman–Crippen MR) is 250 cm³/mol. The molecule has 0 bridgehead atoms. The van der Waals surface area contributed by atoms with Gasteiger partial charge in [0.2, 0.25) is 5.91 Å². The molecule has 16 heteroatoms. The standard InChI is InChI=1S/C53H78N4O12/c1-47(24-58)15-17-52(46(66)67)18-16-49(3)30(33(52)21-47)19-27-8-9-28-7-6-13-53(28)31(38(57-45(53)65)29(10-11-37(54)61)34-22-55-26-56-34)20-32-39(62)43(69-44-41(64)40(63)35(60)23-68-44)48(2,25-59)36-12-14-50(49,4)42(27)51(32,36)5/h19,22,26-29,31-33,35-44,58-64H,6-7,10-18,20-21,23-25,54H2,1-5H3,(H,55,56)(H,57,65)(H,66,67). The van der Waals surface area contributed by atoms with Gasteiger partial charge in [-0.1, -0.05) is 64.5 Å². The lowest BCUT2D eigenvalue weighted by atomic mass is 9.30. The van der Waals surface area contributed by atoms with E-state index in [1.54, 1.807) is 12.5 Å². The molecular weight excluding hydrogens is 885 g/mol. The second-order valence-electron chi connectivity index (χ2n) is 25.0. The van der Waals surface area contributed by atoms with Crippen LogP contribution in [0.25, 0.3) is 0 Å². The van der Waals surface area contributed by atoms with Crippen LogP contribution in [0.4, 0.5) is 0 Å². The number of H-pyrrole nitrogens is 1. The third-order valence-corrected chi connectivity index (χ3v) is 22.1. The van der Waals surface area contributed by atoms with E-state index in [0.29, 0.717) is 70.6 Å². The minimum Gasteiger partial charge on any atom is -0.481 e. The lowest BCUT2D eigenvalue weighted by Gasteiger charge is -2.74. The number of hydrogen-bond donors (Lipinski definition) is 11. The van der Waals surface area contributed by atoms with Gasteiger partial charge in [-0.2, -0.15) is 0 Å². The van der Waals surface area contributed by atoms with Gasteiger partial charge < -0.3 is 66.4 Å². The molecule has 1 amide bonds. The molecule has 2 saturated heterocycles. The van der Waals surface area contributed by atoms with Crippen LogP contribution in [0.5, 0.6) is 0 Å². The van der Waals surface area contributed by atoms with Gasteiger partial charge in [-0.15, -0.1) is 0 Å². The molecule has 3 heterocycles. The molecule has 2 aliphatic heterocycles. The van der Waals surface area contributed by atoms with Crippen molar-refractivity contribution in [2.75, 3.05) is 19.8 Å². The number of fused-ring (bicyclic) bond motifs is 4. The van der Waals surface area contributed by atoms with E-state index >= 15 is 4.79 Å². The first-order chi connectivity index (χ1) is 32.6. The molecule has 7 aliphatic carbocycles. The molecule has 69 heavy (non-hydrogen) atoms. The molecule has 23 atom stereocenters. The number of aliphatic hydroxyl groups is 7. The zero-order chi connectivity index (χ0) is 49.4. The Hall–Kier alpha value is -2.95. The highest BCUT2D eigenvalue weighted by molar-refractivity contribution is 5.87. The number of aromatic amines is 1. The van der Waals surface area contributed by atoms with Crippen molar-refractivity contribution in [1.29, 1.82) is 0 Å². The number of hydrogen-bond acceptors (Lipinski definition) is 13. The molecule has 0 aromatic carbocycles. The van der Waals surface area contributed by atoms with Crippen molar-refractivity contribution in [3.8, 4) is 11.8 Å². The zero-order valence-corrected chi connectivity index (χ0v) is 41.0. The fourth-order valence-electron chi connectivity index (χ4n) is 18.2. The summed E-state index contributed by atoms with van der Waals surface area (Å²) in [5, 5.41) is 94.1. The van der Waals surface area contributed by atoms with Crippen LogP contribution in [-0.2, 0) is 19.1 Å². The first kappa shape index (κ1) is 49.6. The number of amides is 1. The first-order valence-corrected chi connectivity index (χ1v) is 26.0. The van der Waals surface area contributed by atoms with Gasteiger partial charge in [-0.3, -0.25) is 9.59 Å². The smallest absolute Gasteiger partial charge is 0.310 e. The Morgan fingerprint density at radius 2 is 1.71 bits per heavy atom. The largest absolute Gasteiger partial charge is 0.481 e. The number of aromatic nitrogens is 2. The lowest BCUT2D eigenvalue weighted by molar-refractivity contribution is -0.342. The number of nitrogens with two attached hydrogens (primary N) is 1. The van der Waals surface area contributed by atoms with Crippen molar-refractivity contribution in [2.45, 2.75) is 173 Å². The van der Waals surface area contributed by atoms with Gasteiger partial charge in [0.1, 0.15) is 24.5 Å². The minimum atomic E-state index is -1.65. The number of nitrogens with zero attached hydrogens (tertiary/aromatic N) is 1. The molecule has 0 radical (unpaired) electrons. The topological polar surface area (TPSA) is 281 Å². The summed E-state index contributed by atoms with van der Waals surface area (Å²) in [5.74, 6) is 3.83. The normalized spacial score (nSPS) is 51.7. The van der Waals surface area contributed by atoms with E-state index < -0.39 is 111 Å². The quantitative estimate of drug-likeness (QED) is 0.0697. The van der Waals surface area contributed by atoms with Crippen LogP contribution in [0.3, 0.4) is 0 Å². The number of aliphatic carboxylic acids is 1. The van der Waals surface area contributed by atoms with Crippen molar-refractivity contribution < 1.29 is 59.9 Å². The molecule has 1 spiro atoms. The lowest BCUT2D eigenvalue weighted by Crippen LogP contribution is -2.73. The van der Waals surface area contributed by atoms with E-state index in [4.69, 9.17) is 15.2 Å². The zero-order valence-electron chi connectivity index (χ0n) is 41.0. The fourth-order valence-corrected chi connectivity index (χ4v) is 18.2. The van der Waals surface area contributed by atoms with Crippen LogP contribution in [-0.4, -0.2) is 132 Å². The number of carbonyl (C=O) groups is 2. The number of nitrogens with one attached hydrogen (secondary N) is 2. The SMILES string of the molecule is CC1(CO)CCC2(C(=O)O)CCC3(C)C(=CC4C#CC5CCCC56C(=O)NC(C(CCC(N)O)c5cnc[nH]5)C6CC5C(O)C(OC6OCC(O)C(O)C6O)C(C)(CO)C6CCC3(C)C4C56C)C2C1. The van der Waals surface area contributed by atoms with E-state index in [-0.39, 0.29) is 61.0 Å². The average Bonchev–Trinajstić information content (AvgIpc) is 4.06. The van der Waals surface area contributed by atoms with Crippen molar-refractivity contribution in [3.63, 3.8) is 0 Å². The highest BCUT2D eigenvalue weighted by atomic mass is 16.7. The molecule has 5 saturated carbocycles. The summed E-state index contributed by atoms with van der Waals surface area (Å²) in [4.78, 5) is 36.6. The second kappa shape index (κ2) is 17.1. The second-order valence-corrected chi connectivity index (χ2v) is 25.0. The van der Waals surface area contributed by atoms with Crippen LogP contribution < -0.4 is 11.1 Å². The molecule has 1 aromatic heterocycles. The summed E-state index contributed by atoms with van der Waals surface area (Å²) in [6.45, 7) is 10.2. The average molecular weight is 963 g/mol. The number of ether oxygens (including phenoxy) is 2. The van der Waals surface area contributed by atoms with Gasteiger partial charge in [0.15, 0.2) is 6.29 Å². The maximum atomic E-state index is 15.3. The van der Waals surface area contributed by atoms with Gasteiger partial charge >= 0.3 is 5.97 Å². The Bertz CT molecular complexity index is 2250. The molecule has 12 N–H and O–H groups in total. The van der Waals surface area contributed by atoms with Crippen LogP contribution in [0.2, 0.25) is 0 Å². The summed E-state index contributed by atoms with van der Waals surface area (Å²) < 4.78 is 12.6. The first-order valence-electron chi connectivity index (χ1n) is 26.0. The summed E-state index contributed by atoms with van der Waals surface area (Å²) in [6.07, 6.45) is 3.28. The number of carboxylic acid groups (broad SMARTS) is 1. The van der Waals surface area contributed by atoms with Crippen LogP contribution in [0, 0.1) is 91.2 Å². The maximum absolute atomic E-state index is 15.3. The minimum absolute atomic E-state index is 0.0426. The summed E-state index contributed by atoms with van der Waals surface area (Å²) in [5.41, 5.74) is 2.52. The highest BCUT2D eigenvalue weighted by Crippen LogP contribution is 2.78. The maximum Gasteiger partial charge on any atom is 0.310 e. The Balaban J connectivity index is 1.20. The van der Waals surface area contributed by atoms with E-state index in [1.165, 1.54) is 0 Å². The number of carboxylic acids is 1. The van der Waals surface area contributed by atoms with Crippen molar-refractivity contribution in [1.82, 2.24) is 15.3 Å². The van der Waals surface area contributed by atoms with Gasteiger partial charge in [0.05, 0.1) is 42.6 Å². The summed E-state index contributed by atoms with van der Waals surface area (Å²) in [7, 11) is 0. The molecule has 10 rings (SSSR count). The molecule has 7 fully saturated rings. The fraction of sp³-hybridized carbons (Fsp3) is 0.830. The third kappa shape index (κ3) is 6.87. The van der Waals surface area contributed by atoms with Crippen molar-refractivity contribution >= 4 is 11.9 Å². The van der Waals surface area contributed by atoms with E-state index in [1.807, 2.05) is 6.92 Å². The van der Waals surface area contributed by atoms with Gasteiger partial charge in [-0.05, 0) is 128 Å². The van der Waals surface area contributed by atoms with Gasteiger partial charge in [-0.25, -0.2) is 4.98 Å². The van der Waals surface area contributed by atoms with Crippen molar-refractivity contribution in [2.24, 2.45) is 85.1 Å². The van der Waals surface area contributed by atoms with Crippen LogP contribution in [0.1, 0.15) is 130 Å². The summed E-state index contributed by atoms with van der Waals surface area (Å²) in [6, 6.07) is -0.478. The molecule has 23 unspecified atom stereocenters. The molecular formula is C53H78N4O12.